The number of hydrogen-bond donors (Lipinski definition) is 0. The molecule has 2 aromatic rings. The Balaban J connectivity index is 1.45. The summed E-state index contributed by atoms with van der Waals surface area (Å²) in [6.45, 7) is 0.784. The number of amides is 1. The van der Waals surface area contributed by atoms with E-state index < -0.39 is 21.8 Å². The van der Waals surface area contributed by atoms with Crippen LogP contribution in [-0.2, 0) is 14.8 Å². The van der Waals surface area contributed by atoms with Crippen molar-refractivity contribution in [2.24, 2.45) is 5.41 Å². The van der Waals surface area contributed by atoms with Crippen LogP contribution in [0, 0.1) is 5.41 Å². The highest BCUT2D eigenvalue weighted by Crippen LogP contribution is 2.44. The van der Waals surface area contributed by atoms with E-state index in [9.17, 15) is 26.4 Å². The lowest BCUT2D eigenvalue weighted by Crippen LogP contribution is -2.46. The number of piperidine rings is 1. The van der Waals surface area contributed by atoms with Crippen LogP contribution in [0.3, 0.4) is 0 Å². The Labute approximate surface area is 188 Å². The third kappa shape index (κ3) is 4.31. The second-order valence-corrected chi connectivity index (χ2v) is 10.2. The minimum atomic E-state index is -4.78. The van der Waals surface area contributed by atoms with Crippen molar-refractivity contribution < 1.29 is 31.1 Å². The van der Waals surface area contributed by atoms with Crippen molar-refractivity contribution >= 4 is 33.2 Å². The topological polar surface area (TPSA) is 66.9 Å². The maximum absolute atomic E-state index is 13.2. The average Bonchev–Trinajstić information content (AvgIpc) is 3.04. The fourth-order valence-electron chi connectivity index (χ4n) is 4.31. The van der Waals surface area contributed by atoms with Gasteiger partial charge in [0.1, 0.15) is 10.6 Å². The molecule has 0 radical (unpaired) electrons. The smallest absolute Gasteiger partial charge is 0.406 e. The average molecular weight is 489 g/mol. The molecular formula is C21H20ClF3N2O4S. The maximum Gasteiger partial charge on any atom is 0.573 e. The molecule has 0 saturated carbocycles. The van der Waals surface area contributed by atoms with E-state index in [1.54, 1.807) is 12.1 Å². The quantitative estimate of drug-likeness (QED) is 0.638. The monoisotopic (exact) mass is 488 g/mol. The first-order valence-corrected chi connectivity index (χ1v) is 11.8. The van der Waals surface area contributed by atoms with Gasteiger partial charge in [0, 0.05) is 25.3 Å². The Bertz CT molecular complexity index is 1110. The van der Waals surface area contributed by atoms with Gasteiger partial charge in [-0.1, -0.05) is 23.7 Å². The summed E-state index contributed by atoms with van der Waals surface area (Å²) >= 11 is 6.07. The van der Waals surface area contributed by atoms with Crippen molar-refractivity contribution in [3.63, 3.8) is 0 Å². The molecule has 32 heavy (non-hydrogen) atoms. The number of ether oxygens (including phenoxy) is 1. The molecule has 2 heterocycles. The Morgan fingerprint density at radius 2 is 1.53 bits per heavy atom. The summed E-state index contributed by atoms with van der Waals surface area (Å²) in [5, 5.41) is 0.147. The summed E-state index contributed by atoms with van der Waals surface area (Å²) < 4.78 is 68.2. The van der Waals surface area contributed by atoms with E-state index in [0.717, 1.165) is 0 Å². The zero-order valence-corrected chi connectivity index (χ0v) is 18.4. The number of halogens is 4. The third-order valence-corrected chi connectivity index (χ3v) is 8.43. The van der Waals surface area contributed by atoms with Gasteiger partial charge in [0.05, 0.1) is 10.4 Å². The van der Waals surface area contributed by atoms with Gasteiger partial charge < -0.3 is 9.64 Å². The van der Waals surface area contributed by atoms with E-state index in [4.69, 9.17) is 11.6 Å². The molecule has 6 nitrogen and oxygen atoms in total. The maximum atomic E-state index is 13.2. The van der Waals surface area contributed by atoms with Crippen molar-refractivity contribution in [1.29, 1.82) is 0 Å². The van der Waals surface area contributed by atoms with Gasteiger partial charge in [-0.05, 0) is 55.7 Å². The standard InChI is InChI=1S/C21H20ClF3N2O4S/c22-17-3-1-2-4-18(17)32(29,30)26-12-9-20(10-13-26)11-14-27(19(20)28)15-5-7-16(8-6-15)31-21(23,24)25/h1-8H,9-14H2. The summed E-state index contributed by atoms with van der Waals surface area (Å²) in [5.74, 6) is -0.502. The number of carbonyl (C=O) groups is 1. The van der Waals surface area contributed by atoms with E-state index in [2.05, 4.69) is 4.74 Å². The van der Waals surface area contributed by atoms with Crippen LogP contribution in [0.2, 0.25) is 5.02 Å². The fourth-order valence-corrected chi connectivity index (χ4v) is 6.24. The number of rotatable bonds is 4. The number of hydrogen-bond acceptors (Lipinski definition) is 4. The first-order valence-electron chi connectivity index (χ1n) is 9.94. The minimum Gasteiger partial charge on any atom is -0.406 e. The Kier molecular flexibility index (Phi) is 5.89. The Morgan fingerprint density at radius 3 is 2.12 bits per heavy atom. The molecule has 0 unspecified atom stereocenters. The van der Waals surface area contributed by atoms with Crippen LogP contribution in [0.5, 0.6) is 5.75 Å². The van der Waals surface area contributed by atoms with Gasteiger partial charge in [-0.2, -0.15) is 4.31 Å². The fraction of sp³-hybridized carbons (Fsp3) is 0.381. The lowest BCUT2D eigenvalue weighted by atomic mass is 9.77. The molecule has 2 aromatic carbocycles. The van der Waals surface area contributed by atoms with Crippen molar-refractivity contribution in [3.8, 4) is 5.75 Å². The van der Waals surface area contributed by atoms with Gasteiger partial charge in [0.15, 0.2) is 0 Å². The Morgan fingerprint density at radius 1 is 0.938 bits per heavy atom. The van der Waals surface area contributed by atoms with Crippen molar-refractivity contribution in [3.05, 3.63) is 53.6 Å². The number of alkyl halides is 3. The highest BCUT2D eigenvalue weighted by Gasteiger charge is 2.50. The van der Waals surface area contributed by atoms with Crippen LogP contribution in [0.25, 0.3) is 0 Å². The van der Waals surface area contributed by atoms with Crippen LogP contribution >= 0.6 is 11.6 Å². The van der Waals surface area contributed by atoms with Crippen LogP contribution < -0.4 is 9.64 Å². The van der Waals surface area contributed by atoms with Crippen LogP contribution in [-0.4, -0.2) is 44.6 Å². The first-order chi connectivity index (χ1) is 15.0. The molecule has 1 spiro atoms. The zero-order chi connectivity index (χ0) is 23.1. The molecule has 1 amide bonds. The predicted molar refractivity (Wildman–Crippen MR) is 112 cm³/mol. The number of benzene rings is 2. The van der Waals surface area contributed by atoms with Gasteiger partial charge in [0.2, 0.25) is 15.9 Å². The molecule has 0 bridgehead atoms. The van der Waals surface area contributed by atoms with Crippen LogP contribution in [0.1, 0.15) is 19.3 Å². The second-order valence-electron chi connectivity index (χ2n) is 7.86. The normalized spacial score (nSPS) is 19.5. The Hall–Kier alpha value is -2.30. The van der Waals surface area contributed by atoms with Gasteiger partial charge in [-0.25, -0.2) is 8.42 Å². The summed E-state index contributed by atoms with van der Waals surface area (Å²) in [6.07, 6.45) is -3.51. The number of sulfonamides is 1. The van der Waals surface area contributed by atoms with Gasteiger partial charge in [-0.15, -0.1) is 13.2 Å². The van der Waals surface area contributed by atoms with E-state index in [0.29, 0.717) is 31.5 Å². The molecule has 0 N–H and O–H groups in total. The molecule has 172 valence electrons. The molecule has 2 aliphatic heterocycles. The lowest BCUT2D eigenvalue weighted by molar-refractivity contribution is -0.274. The zero-order valence-electron chi connectivity index (χ0n) is 16.8. The van der Waals surface area contributed by atoms with Gasteiger partial charge in [0.25, 0.3) is 0 Å². The summed E-state index contributed by atoms with van der Waals surface area (Å²) in [6, 6.07) is 11.4. The highest BCUT2D eigenvalue weighted by molar-refractivity contribution is 7.89. The van der Waals surface area contributed by atoms with Crippen molar-refractivity contribution in [2.75, 3.05) is 24.5 Å². The minimum absolute atomic E-state index is 0.0400. The van der Waals surface area contributed by atoms with Crippen LogP contribution in [0.4, 0.5) is 18.9 Å². The largest absolute Gasteiger partial charge is 0.573 e. The number of nitrogens with zero attached hydrogens (tertiary/aromatic N) is 2. The van der Waals surface area contributed by atoms with Crippen molar-refractivity contribution in [1.82, 2.24) is 4.31 Å². The highest BCUT2D eigenvalue weighted by atomic mass is 35.5. The molecule has 2 saturated heterocycles. The number of carbonyl (C=O) groups excluding carboxylic acids is 1. The third-order valence-electron chi connectivity index (χ3n) is 6.03. The van der Waals surface area contributed by atoms with E-state index >= 15 is 0 Å². The number of anilines is 1. The SMILES string of the molecule is O=C1N(c2ccc(OC(F)(F)F)cc2)CCC12CCN(S(=O)(=O)c1ccccc1Cl)CC2. The van der Waals surface area contributed by atoms with Crippen molar-refractivity contribution in [2.45, 2.75) is 30.5 Å². The van der Waals surface area contributed by atoms with Crippen LogP contribution in [0.15, 0.2) is 53.4 Å². The molecule has 11 heteroatoms. The van der Waals surface area contributed by atoms with E-state index in [-0.39, 0.29) is 34.7 Å². The van der Waals surface area contributed by atoms with Gasteiger partial charge in [-0.3, -0.25) is 4.79 Å². The lowest BCUT2D eigenvalue weighted by Gasteiger charge is -2.37. The molecule has 4 rings (SSSR count). The first kappa shape index (κ1) is 22.9. The summed E-state index contributed by atoms with van der Waals surface area (Å²) in [5.41, 5.74) is -0.208. The molecule has 2 aliphatic rings. The van der Waals surface area contributed by atoms with Gasteiger partial charge >= 0.3 is 6.36 Å². The predicted octanol–water partition coefficient (Wildman–Crippen LogP) is 4.45. The van der Waals surface area contributed by atoms with E-state index in [1.165, 1.54) is 45.6 Å². The molecule has 0 aromatic heterocycles. The second kappa shape index (κ2) is 8.24. The molecule has 2 fully saturated rings. The molecular weight excluding hydrogens is 469 g/mol. The molecule has 0 aliphatic carbocycles. The van der Waals surface area contributed by atoms with E-state index in [1.807, 2.05) is 0 Å². The molecule has 0 atom stereocenters. The summed E-state index contributed by atoms with van der Waals surface area (Å²) in [7, 11) is -3.77. The summed E-state index contributed by atoms with van der Waals surface area (Å²) in [4.78, 5) is 14.8.